The van der Waals surface area contributed by atoms with E-state index >= 15 is 0 Å². The first-order valence-corrected chi connectivity index (χ1v) is 11.0. The Morgan fingerprint density at radius 2 is 1.71 bits per heavy atom. The van der Waals surface area contributed by atoms with Gasteiger partial charge in [0.1, 0.15) is 5.82 Å². The van der Waals surface area contributed by atoms with Gasteiger partial charge in [-0.2, -0.15) is 4.31 Å². The Labute approximate surface area is 165 Å². The van der Waals surface area contributed by atoms with E-state index in [4.69, 9.17) is 0 Å². The van der Waals surface area contributed by atoms with Crippen LogP contribution >= 0.6 is 0 Å². The van der Waals surface area contributed by atoms with Crippen LogP contribution in [0.2, 0.25) is 0 Å². The van der Waals surface area contributed by atoms with Crippen LogP contribution in [0, 0.1) is 5.82 Å². The zero-order valence-electron chi connectivity index (χ0n) is 15.7. The van der Waals surface area contributed by atoms with E-state index in [1.165, 1.54) is 28.6 Å². The molecule has 0 bridgehead atoms. The number of carbonyl (C=O) groups is 1. The number of carbonyl (C=O) groups excluding carboxylic acids is 1. The van der Waals surface area contributed by atoms with Crippen LogP contribution in [0.4, 0.5) is 4.39 Å². The molecule has 2 aromatic rings. The van der Waals surface area contributed by atoms with Gasteiger partial charge in [0.05, 0.1) is 4.90 Å². The fraction of sp³-hybridized carbons (Fsp3) is 0.381. The van der Waals surface area contributed by atoms with E-state index in [-0.39, 0.29) is 16.6 Å². The van der Waals surface area contributed by atoms with Gasteiger partial charge in [-0.1, -0.05) is 31.0 Å². The summed E-state index contributed by atoms with van der Waals surface area (Å²) < 4.78 is 40.5. The first-order chi connectivity index (χ1) is 13.5. The third-order valence-electron chi connectivity index (χ3n) is 4.89. The van der Waals surface area contributed by atoms with Crippen LogP contribution in [0.3, 0.4) is 0 Å². The summed E-state index contributed by atoms with van der Waals surface area (Å²) in [6.07, 6.45) is 4.30. The van der Waals surface area contributed by atoms with E-state index in [0.29, 0.717) is 31.6 Å². The number of amides is 1. The lowest BCUT2D eigenvalue weighted by Crippen LogP contribution is -2.32. The monoisotopic (exact) mass is 404 g/mol. The minimum Gasteiger partial charge on any atom is -0.352 e. The summed E-state index contributed by atoms with van der Waals surface area (Å²) in [5.41, 5.74) is 1.09. The SMILES string of the molecule is O=C(NCCc1cccc(F)c1)c1cccc(S(=O)(=O)N2CCCCCC2)c1. The third kappa shape index (κ3) is 5.17. The van der Waals surface area contributed by atoms with Gasteiger partial charge in [-0.05, 0) is 55.2 Å². The minimum atomic E-state index is -3.60. The highest BCUT2D eigenvalue weighted by molar-refractivity contribution is 7.89. The molecule has 1 fully saturated rings. The second-order valence-electron chi connectivity index (χ2n) is 6.98. The molecule has 2 aromatic carbocycles. The van der Waals surface area contributed by atoms with Crippen LogP contribution < -0.4 is 5.32 Å². The molecule has 7 heteroatoms. The van der Waals surface area contributed by atoms with Crippen molar-refractivity contribution in [2.24, 2.45) is 0 Å². The first kappa shape index (κ1) is 20.5. The Morgan fingerprint density at radius 1 is 1.00 bits per heavy atom. The highest BCUT2D eigenvalue weighted by Gasteiger charge is 2.25. The van der Waals surface area contributed by atoms with Crippen molar-refractivity contribution in [3.8, 4) is 0 Å². The van der Waals surface area contributed by atoms with Gasteiger partial charge in [-0.15, -0.1) is 0 Å². The topological polar surface area (TPSA) is 66.5 Å². The molecule has 1 aliphatic rings. The molecule has 0 aliphatic carbocycles. The molecule has 1 saturated heterocycles. The van der Waals surface area contributed by atoms with Crippen molar-refractivity contribution in [3.05, 3.63) is 65.5 Å². The van der Waals surface area contributed by atoms with E-state index in [2.05, 4.69) is 5.32 Å². The molecule has 1 aliphatic heterocycles. The van der Waals surface area contributed by atoms with Crippen LogP contribution in [0.1, 0.15) is 41.6 Å². The highest BCUT2D eigenvalue weighted by Crippen LogP contribution is 2.21. The van der Waals surface area contributed by atoms with Gasteiger partial charge in [0, 0.05) is 25.2 Å². The molecule has 3 rings (SSSR count). The van der Waals surface area contributed by atoms with Crippen LogP contribution in [-0.2, 0) is 16.4 Å². The van der Waals surface area contributed by atoms with E-state index in [1.807, 2.05) is 0 Å². The number of hydrogen-bond acceptors (Lipinski definition) is 3. The van der Waals surface area contributed by atoms with Crippen LogP contribution in [0.25, 0.3) is 0 Å². The quantitative estimate of drug-likeness (QED) is 0.803. The summed E-state index contributed by atoms with van der Waals surface area (Å²) in [4.78, 5) is 12.6. The summed E-state index contributed by atoms with van der Waals surface area (Å²) in [6, 6.07) is 12.4. The molecule has 0 radical (unpaired) electrons. The molecule has 5 nitrogen and oxygen atoms in total. The lowest BCUT2D eigenvalue weighted by Gasteiger charge is -2.20. The lowest BCUT2D eigenvalue weighted by atomic mass is 10.1. The number of nitrogens with one attached hydrogen (secondary N) is 1. The number of halogens is 1. The molecule has 1 heterocycles. The molecular formula is C21H25FN2O3S. The van der Waals surface area contributed by atoms with Crippen molar-refractivity contribution in [2.45, 2.75) is 37.0 Å². The van der Waals surface area contributed by atoms with Crippen molar-refractivity contribution in [3.63, 3.8) is 0 Å². The highest BCUT2D eigenvalue weighted by atomic mass is 32.2. The van der Waals surface area contributed by atoms with Gasteiger partial charge < -0.3 is 5.32 Å². The second-order valence-corrected chi connectivity index (χ2v) is 8.92. The number of nitrogens with zero attached hydrogens (tertiary/aromatic N) is 1. The summed E-state index contributed by atoms with van der Waals surface area (Å²) in [7, 11) is -3.60. The van der Waals surface area contributed by atoms with Crippen molar-refractivity contribution in [2.75, 3.05) is 19.6 Å². The van der Waals surface area contributed by atoms with E-state index in [0.717, 1.165) is 31.2 Å². The Morgan fingerprint density at radius 3 is 2.43 bits per heavy atom. The Hall–Kier alpha value is -2.25. The van der Waals surface area contributed by atoms with E-state index < -0.39 is 10.0 Å². The molecule has 0 atom stereocenters. The zero-order chi connectivity index (χ0) is 20.0. The molecule has 150 valence electrons. The maximum atomic E-state index is 13.2. The van der Waals surface area contributed by atoms with Crippen LogP contribution in [0.5, 0.6) is 0 Å². The summed E-state index contributed by atoms with van der Waals surface area (Å²) in [5.74, 6) is -0.653. The first-order valence-electron chi connectivity index (χ1n) is 9.60. The van der Waals surface area contributed by atoms with Gasteiger partial charge in [0.2, 0.25) is 10.0 Å². The van der Waals surface area contributed by atoms with Crippen LogP contribution in [0.15, 0.2) is 53.4 Å². The van der Waals surface area contributed by atoms with Gasteiger partial charge in [-0.25, -0.2) is 12.8 Å². The molecular weight excluding hydrogens is 379 g/mol. The van der Waals surface area contributed by atoms with Crippen molar-refractivity contribution < 1.29 is 17.6 Å². The predicted octanol–water partition coefficient (Wildman–Crippen LogP) is 3.36. The Kier molecular flexibility index (Phi) is 6.80. The predicted molar refractivity (Wildman–Crippen MR) is 106 cm³/mol. The fourth-order valence-corrected chi connectivity index (χ4v) is 4.91. The molecule has 1 N–H and O–H groups in total. The second kappa shape index (κ2) is 9.30. The summed E-state index contributed by atoms with van der Waals surface area (Å²) in [6.45, 7) is 1.38. The fourth-order valence-electron chi connectivity index (χ4n) is 3.34. The molecule has 0 aromatic heterocycles. The van der Waals surface area contributed by atoms with Gasteiger partial charge in [-0.3, -0.25) is 4.79 Å². The standard InChI is InChI=1S/C21H25FN2O3S/c22-19-9-5-7-17(15-19)11-12-23-21(25)18-8-6-10-20(16-18)28(26,27)24-13-3-1-2-4-14-24/h5-10,15-16H,1-4,11-14H2,(H,23,25). The Bertz CT molecular complexity index is 923. The van der Waals surface area contributed by atoms with Crippen molar-refractivity contribution in [1.29, 1.82) is 0 Å². The molecule has 1 amide bonds. The maximum Gasteiger partial charge on any atom is 0.251 e. The average molecular weight is 405 g/mol. The number of benzene rings is 2. The van der Waals surface area contributed by atoms with E-state index in [9.17, 15) is 17.6 Å². The largest absolute Gasteiger partial charge is 0.352 e. The van der Waals surface area contributed by atoms with Gasteiger partial charge in [0.25, 0.3) is 5.91 Å². The van der Waals surface area contributed by atoms with Crippen molar-refractivity contribution in [1.82, 2.24) is 9.62 Å². The number of sulfonamides is 1. The third-order valence-corrected chi connectivity index (χ3v) is 6.78. The number of rotatable bonds is 6. The molecule has 0 saturated carbocycles. The van der Waals surface area contributed by atoms with Crippen LogP contribution in [-0.4, -0.2) is 38.3 Å². The average Bonchev–Trinajstić information content (AvgIpc) is 2.98. The normalized spacial score (nSPS) is 15.8. The molecule has 0 unspecified atom stereocenters. The zero-order valence-corrected chi connectivity index (χ0v) is 16.6. The lowest BCUT2D eigenvalue weighted by molar-refractivity contribution is 0.0954. The smallest absolute Gasteiger partial charge is 0.251 e. The Balaban J connectivity index is 1.65. The molecule has 0 spiro atoms. The molecule has 28 heavy (non-hydrogen) atoms. The van der Waals surface area contributed by atoms with Gasteiger partial charge in [0.15, 0.2) is 0 Å². The van der Waals surface area contributed by atoms with E-state index in [1.54, 1.807) is 24.3 Å². The summed E-state index contributed by atoms with van der Waals surface area (Å²) >= 11 is 0. The minimum absolute atomic E-state index is 0.146. The van der Waals surface area contributed by atoms with Crippen molar-refractivity contribution >= 4 is 15.9 Å². The summed E-state index contributed by atoms with van der Waals surface area (Å²) in [5, 5.41) is 2.77. The number of hydrogen-bond donors (Lipinski definition) is 1. The van der Waals surface area contributed by atoms with Gasteiger partial charge >= 0.3 is 0 Å². The maximum absolute atomic E-state index is 13.2.